The molecule has 51 heavy (non-hydrogen) atoms. The summed E-state index contributed by atoms with van der Waals surface area (Å²) in [4.78, 5) is -0.0946. The van der Waals surface area contributed by atoms with Crippen molar-refractivity contribution in [2.75, 3.05) is 0 Å². The normalized spacial score (nSPS) is 11.5. The Bertz CT molecular complexity index is 1210. The van der Waals surface area contributed by atoms with Crippen LogP contribution >= 0.6 is 0 Å². The largest absolute Gasteiger partial charge is 2.00 e. The summed E-state index contributed by atoms with van der Waals surface area (Å²) >= 11 is 0. The third-order valence-corrected chi connectivity index (χ3v) is 11.5. The quantitative estimate of drug-likeness (QED) is 0.0443. The van der Waals surface area contributed by atoms with Crippen LogP contribution in [0.4, 0.5) is 0 Å². The SMILES string of the molecule is CCCCCCCCCCCCCCCc1ccccc1S(=O)(=O)[O-].CCCCCCCCCCCCCCCc1ccccc1S(=O)(=O)[O-].[Ca+2]. The van der Waals surface area contributed by atoms with E-state index < -0.39 is 20.2 Å². The number of hydrogen-bond donors (Lipinski definition) is 0. The fraction of sp³-hybridized carbons (Fsp3) is 0.714. The summed E-state index contributed by atoms with van der Waals surface area (Å²) < 4.78 is 67.4. The Balaban J connectivity index is 0.000000962. The van der Waals surface area contributed by atoms with Crippen LogP contribution in [-0.2, 0) is 33.1 Å². The molecule has 0 aliphatic carbocycles. The molecule has 0 heterocycles. The van der Waals surface area contributed by atoms with Gasteiger partial charge in [0.05, 0.1) is 9.79 Å². The van der Waals surface area contributed by atoms with Crippen LogP contribution < -0.4 is 0 Å². The van der Waals surface area contributed by atoms with Crippen molar-refractivity contribution < 1.29 is 25.9 Å². The molecule has 0 saturated carbocycles. The fourth-order valence-electron chi connectivity index (χ4n) is 6.57. The first-order valence-corrected chi connectivity index (χ1v) is 23.0. The Kier molecular flexibility index (Phi) is 32.6. The van der Waals surface area contributed by atoms with Gasteiger partial charge < -0.3 is 9.11 Å². The number of aryl methyl sites for hydroxylation is 2. The van der Waals surface area contributed by atoms with Crippen molar-refractivity contribution in [1.29, 1.82) is 0 Å². The van der Waals surface area contributed by atoms with Gasteiger partial charge in [0.2, 0.25) is 0 Å². The molecule has 2 aromatic carbocycles. The maximum Gasteiger partial charge on any atom is 2.00 e. The van der Waals surface area contributed by atoms with Crippen molar-refractivity contribution >= 4 is 58.0 Å². The third kappa shape index (κ3) is 27.7. The second kappa shape index (κ2) is 32.9. The van der Waals surface area contributed by atoms with E-state index in [0.29, 0.717) is 24.0 Å². The van der Waals surface area contributed by atoms with E-state index in [9.17, 15) is 25.9 Å². The molecule has 0 N–H and O–H groups in total. The molecule has 0 radical (unpaired) electrons. The Hall–Kier alpha value is -0.480. The molecule has 0 bridgehead atoms. The van der Waals surface area contributed by atoms with Crippen LogP contribution in [0.25, 0.3) is 0 Å². The molecule has 0 fully saturated rings. The van der Waals surface area contributed by atoms with Gasteiger partial charge in [-0.3, -0.25) is 0 Å². The standard InChI is InChI=1S/2C21H36O3S.Ca/c2*1-2-3-4-5-6-7-8-9-10-11-12-13-14-17-20-18-15-16-19-21(20)25(22,23)24;/h2*15-16,18-19H,2-14,17H2,1H3,(H,22,23,24);/q;;+2/p-2. The van der Waals surface area contributed by atoms with Gasteiger partial charge in [-0.05, 0) is 48.9 Å². The van der Waals surface area contributed by atoms with Gasteiger partial charge >= 0.3 is 37.7 Å². The van der Waals surface area contributed by atoms with Crippen molar-refractivity contribution in [3.05, 3.63) is 59.7 Å². The van der Waals surface area contributed by atoms with E-state index >= 15 is 0 Å². The zero-order chi connectivity index (χ0) is 36.8. The van der Waals surface area contributed by atoms with E-state index in [2.05, 4.69) is 13.8 Å². The maximum atomic E-state index is 11.2. The first-order valence-electron chi connectivity index (χ1n) is 20.2. The van der Waals surface area contributed by atoms with Crippen molar-refractivity contribution in [1.82, 2.24) is 0 Å². The molecular formula is C42H70CaO6S2. The Labute approximate surface area is 344 Å². The van der Waals surface area contributed by atoms with Crippen LogP contribution in [0.5, 0.6) is 0 Å². The van der Waals surface area contributed by atoms with Gasteiger partial charge in [0.15, 0.2) is 0 Å². The summed E-state index contributed by atoms with van der Waals surface area (Å²) in [6, 6.07) is 13.2. The van der Waals surface area contributed by atoms with Gasteiger partial charge in [0, 0.05) is 0 Å². The monoisotopic (exact) mass is 774 g/mol. The first kappa shape index (κ1) is 50.5. The zero-order valence-corrected chi connectivity index (χ0v) is 36.2. The minimum absolute atomic E-state index is 0. The van der Waals surface area contributed by atoms with Gasteiger partial charge in [-0.25, -0.2) is 16.8 Å². The molecule has 0 saturated heterocycles. The zero-order valence-electron chi connectivity index (χ0n) is 32.4. The Morgan fingerprint density at radius 2 is 0.588 bits per heavy atom. The van der Waals surface area contributed by atoms with Crippen LogP contribution in [-0.4, -0.2) is 63.7 Å². The predicted octanol–water partition coefficient (Wildman–Crippen LogP) is 12.1. The van der Waals surface area contributed by atoms with E-state index in [1.165, 1.54) is 153 Å². The molecule has 2 rings (SSSR count). The topological polar surface area (TPSA) is 114 Å². The van der Waals surface area contributed by atoms with E-state index in [1.807, 2.05) is 0 Å². The van der Waals surface area contributed by atoms with Gasteiger partial charge in [-0.2, -0.15) is 0 Å². The summed E-state index contributed by atoms with van der Waals surface area (Å²) in [7, 11) is -8.70. The van der Waals surface area contributed by atoms with Crippen molar-refractivity contribution in [2.45, 2.75) is 203 Å². The van der Waals surface area contributed by atoms with Crippen LogP contribution in [0.3, 0.4) is 0 Å². The minimum atomic E-state index is -4.35. The van der Waals surface area contributed by atoms with Crippen molar-refractivity contribution in [2.24, 2.45) is 0 Å². The van der Waals surface area contributed by atoms with Crippen molar-refractivity contribution in [3.63, 3.8) is 0 Å². The number of rotatable bonds is 30. The Morgan fingerprint density at radius 3 is 0.824 bits per heavy atom. The second-order valence-electron chi connectivity index (χ2n) is 14.1. The molecule has 0 aromatic heterocycles. The van der Waals surface area contributed by atoms with E-state index in [-0.39, 0.29) is 47.5 Å². The van der Waals surface area contributed by atoms with E-state index in [0.717, 1.165) is 25.7 Å². The van der Waals surface area contributed by atoms with Gasteiger partial charge in [0.25, 0.3) is 0 Å². The van der Waals surface area contributed by atoms with Gasteiger partial charge in [-0.15, -0.1) is 0 Å². The molecule has 0 aliphatic rings. The van der Waals surface area contributed by atoms with Crippen LogP contribution in [0, 0.1) is 0 Å². The molecule has 2 aromatic rings. The second-order valence-corrected chi connectivity index (χ2v) is 16.8. The van der Waals surface area contributed by atoms with Crippen molar-refractivity contribution in [3.8, 4) is 0 Å². The molecule has 6 nitrogen and oxygen atoms in total. The predicted molar refractivity (Wildman–Crippen MR) is 213 cm³/mol. The number of benzene rings is 2. The number of hydrogen-bond acceptors (Lipinski definition) is 6. The molecule has 0 atom stereocenters. The smallest absolute Gasteiger partial charge is 0.744 e. The molecule has 288 valence electrons. The molecule has 0 aliphatic heterocycles. The van der Waals surface area contributed by atoms with Gasteiger partial charge in [0.1, 0.15) is 20.2 Å². The van der Waals surface area contributed by atoms with E-state index in [4.69, 9.17) is 0 Å². The molecule has 0 spiro atoms. The summed E-state index contributed by atoms with van der Waals surface area (Å²) in [5.74, 6) is 0. The van der Waals surface area contributed by atoms with Gasteiger partial charge in [-0.1, -0.05) is 204 Å². The fourth-order valence-corrected chi connectivity index (χ4v) is 8.05. The average Bonchev–Trinajstić information content (AvgIpc) is 3.08. The van der Waals surface area contributed by atoms with Crippen LogP contribution in [0.2, 0.25) is 0 Å². The third-order valence-electron chi connectivity index (χ3n) is 9.58. The summed E-state index contributed by atoms with van der Waals surface area (Å²) in [5, 5.41) is 0. The average molecular weight is 775 g/mol. The summed E-state index contributed by atoms with van der Waals surface area (Å²) in [6.07, 6.45) is 34.9. The molecule has 9 heteroatoms. The molecule has 0 amide bonds. The van der Waals surface area contributed by atoms with Crippen LogP contribution in [0.1, 0.15) is 192 Å². The first-order chi connectivity index (χ1) is 24.1. The maximum absolute atomic E-state index is 11.2. The molecular weight excluding hydrogens is 705 g/mol. The molecule has 0 unspecified atom stereocenters. The summed E-state index contributed by atoms with van der Waals surface area (Å²) in [5.41, 5.74) is 1.33. The number of unbranched alkanes of at least 4 members (excludes halogenated alkanes) is 24. The van der Waals surface area contributed by atoms with E-state index in [1.54, 1.807) is 36.4 Å². The Morgan fingerprint density at radius 1 is 0.373 bits per heavy atom. The summed E-state index contributed by atoms with van der Waals surface area (Å²) in [6.45, 7) is 4.51. The minimum Gasteiger partial charge on any atom is -0.744 e. The van der Waals surface area contributed by atoms with Crippen LogP contribution in [0.15, 0.2) is 58.3 Å².